The molecular formula is C14H21N5O. The third kappa shape index (κ3) is 2.09. The van der Waals surface area contributed by atoms with Crippen LogP contribution < -0.4 is 4.90 Å². The van der Waals surface area contributed by atoms with Crippen LogP contribution in [0.2, 0.25) is 0 Å². The average Bonchev–Trinajstić information content (AvgIpc) is 3.00. The van der Waals surface area contributed by atoms with Crippen LogP contribution in [0.15, 0.2) is 12.1 Å². The van der Waals surface area contributed by atoms with Crippen LogP contribution in [-0.4, -0.2) is 65.3 Å². The normalized spacial score (nSPS) is 24.9. The molecule has 3 rings (SSSR count). The molecule has 2 amide bonds. The van der Waals surface area contributed by atoms with E-state index in [4.69, 9.17) is 0 Å². The summed E-state index contributed by atoms with van der Waals surface area (Å²) in [5, 5.41) is 8.43. The van der Waals surface area contributed by atoms with E-state index in [-0.39, 0.29) is 6.03 Å². The molecular weight excluding hydrogens is 254 g/mol. The molecule has 6 nitrogen and oxygen atoms in total. The second-order valence-corrected chi connectivity index (χ2v) is 5.81. The fourth-order valence-electron chi connectivity index (χ4n) is 3.31. The molecule has 1 aromatic rings. The third-order valence-electron chi connectivity index (χ3n) is 4.28. The molecule has 2 fully saturated rings. The molecule has 20 heavy (non-hydrogen) atoms. The Labute approximate surface area is 119 Å². The van der Waals surface area contributed by atoms with E-state index < -0.39 is 0 Å². The molecule has 2 saturated heterocycles. The van der Waals surface area contributed by atoms with Gasteiger partial charge in [0.2, 0.25) is 0 Å². The number of carbonyl (C=O) groups is 1. The Morgan fingerprint density at radius 2 is 1.95 bits per heavy atom. The van der Waals surface area contributed by atoms with Crippen molar-refractivity contribution < 1.29 is 4.79 Å². The zero-order chi connectivity index (χ0) is 14.3. The number of aryl methyl sites for hydroxylation is 1. The van der Waals surface area contributed by atoms with Crippen LogP contribution >= 0.6 is 0 Å². The Morgan fingerprint density at radius 3 is 2.60 bits per heavy atom. The predicted molar refractivity (Wildman–Crippen MR) is 76.7 cm³/mol. The smallest absolute Gasteiger partial charge is 0.319 e. The molecule has 0 N–H and O–H groups in total. The largest absolute Gasteiger partial charge is 0.350 e. The van der Waals surface area contributed by atoms with Crippen molar-refractivity contribution in [3.05, 3.63) is 17.8 Å². The number of fused-ring (bicyclic) bond motifs is 1. The summed E-state index contributed by atoms with van der Waals surface area (Å²) < 4.78 is 0. The lowest BCUT2D eigenvalue weighted by atomic mass is 10.1. The zero-order valence-corrected chi connectivity index (χ0v) is 12.3. The van der Waals surface area contributed by atoms with Crippen molar-refractivity contribution in [2.75, 3.05) is 32.1 Å². The van der Waals surface area contributed by atoms with Gasteiger partial charge in [0, 0.05) is 27.2 Å². The molecule has 2 aliphatic heterocycles. The second kappa shape index (κ2) is 4.92. The van der Waals surface area contributed by atoms with Crippen molar-refractivity contribution in [2.45, 2.75) is 31.8 Å². The van der Waals surface area contributed by atoms with Gasteiger partial charge in [0.15, 0.2) is 5.82 Å². The second-order valence-electron chi connectivity index (χ2n) is 5.81. The quantitative estimate of drug-likeness (QED) is 0.770. The fourth-order valence-corrected chi connectivity index (χ4v) is 3.31. The number of hydrogen-bond acceptors (Lipinski definition) is 4. The highest BCUT2D eigenvalue weighted by Crippen LogP contribution is 2.34. The first-order valence-electron chi connectivity index (χ1n) is 7.13. The van der Waals surface area contributed by atoms with Crippen LogP contribution in [0.25, 0.3) is 0 Å². The molecule has 3 heterocycles. The Balaban J connectivity index is 1.77. The number of hydrogen-bond donors (Lipinski definition) is 0. The van der Waals surface area contributed by atoms with E-state index in [1.165, 1.54) is 0 Å². The van der Waals surface area contributed by atoms with Gasteiger partial charge in [-0.15, -0.1) is 5.10 Å². The Morgan fingerprint density at radius 1 is 1.20 bits per heavy atom. The van der Waals surface area contributed by atoms with E-state index in [0.29, 0.717) is 12.1 Å². The average molecular weight is 275 g/mol. The summed E-state index contributed by atoms with van der Waals surface area (Å²) >= 11 is 0. The lowest BCUT2D eigenvalue weighted by molar-refractivity contribution is 0.166. The number of carbonyl (C=O) groups excluding carboxylic acids is 1. The summed E-state index contributed by atoms with van der Waals surface area (Å²) in [5.74, 6) is 0.933. The molecule has 0 aromatic carbocycles. The minimum Gasteiger partial charge on any atom is -0.350 e. The minimum atomic E-state index is 0.120. The highest BCUT2D eigenvalue weighted by atomic mass is 16.2. The number of nitrogens with zero attached hydrogens (tertiary/aromatic N) is 5. The van der Waals surface area contributed by atoms with Gasteiger partial charge in [-0.05, 0) is 31.9 Å². The molecule has 0 unspecified atom stereocenters. The Bertz CT molecular complexity index is 501. The SMILES string of the molecule is Cc1ccc(N2CC[C@@H]3[C@@H]2CCN3C(=O)N(C)C)nn1. The van der Waals surface area contributed by atoms with Crippen molar-refractivity contribution in [3.63, 3.8) is 0 Å². The van der Waals surface area contributed by atoms with Gasteiger partial charge in [0.25, 0.3) is 0 Å². The van der Waals surface area contributed by atoms with Gasteiger partial charge in [-0.1, -0.05) is 0 Å². The molecule has 0 spiro atoms. The van der Waals surface area contributed by atoms with Gasteiger partial charge >= 0.3 is 6.03 Å². The minimum absolute atomic E-state index is 0.120. The van der Waals surface area contributed by atoms with Crippen molar-refractivity contribution in [3.8, 4) is 0 Å². The molecule has 2 atom stereocenters. The van der Waals surface area contributed by atoms with E-state index in [2.05, 4.69) is 15.1 Å². The van der Waals surface area contributed by atoms with Crippen LogP contribution in [0.3, 0.4) is 0 Å². The first-order chi connectivity index (χ1) is 9.58. The third-order valence-corrected chi connectivity index (χ3v) is 4.28. The van der Waals surface area contributed by atoms with Gasteiger partial charge in [-0.25, -0.2) is 4.79 Å². The summed E-state index contributed by atoms with van der Waals surface area (Å²) in [6, 6.07) is 4.84. The van der Waals surface area contributed by atoms with Crippen molar-refractivity contribution in [1.82, 2.24) is 20.0 Å². The predicted octanol–water partition coefficient (Wildman–Crippen LogP) is 1.12. The lowest BCUT2D eigenvalue weighted by Crippen LogP contribution is -2.44. The number of rotatable bonds is 1. The molecule has 0 radical (unpaired) electrons. The van der Waals surface area contributed by atoms with E-state index in [1.807, 2.05) is 38.1 Å². The summed E-state index contributed by atoms with van der Waals surface area (Å²) in [6.45, 7) is 3.73. The van der Waals surface area contributed by atoms with Crippen LogP contribution in [0.1, 0.15) is 18.5 Å². The molecule has 1 aromatic heterocycles. The number of urea groups is 1. The van der Waals surface area contributed by atoms with Crippen LogP contribution in [0, 0.1) is 6.92 Å². The highest BCUT2D eigenvalue weighted by molar-refractivity contribution is 5.75. The molecule has 2 aliphatic rings. The standard InChI is InChI=1S/C14H21N5O/c1-10-4-5-13(16-15-10)18-8-6-12-11(18)7-9-19(12)14(20)17(2)3/h4-5,11-12H,6-9H2,1-3H3/t11-,12+/m0/s1. The summed E-state index contributed by atoms with van der Waals surface area (Å²) in [7, 11) is 3.63. The van der Waals surface area contributed by atoms with Crippen molar-refractivity contribution >= 4 is 11.8 Å². The molecule has 6 heteroatoms. The van der Waals surface area contributed by atoms with Crippen LogP contribution in [0.5, 0.6) is 0 Å². The molecule has 0 saturated carbocycles. The summed E-state index contributed by atoms with van der Waals surface area (Å²) in [5.41, 5.74) is 0.931. The first-order valence-corrected chi connectivity index (χ1v) is 7.13. The summed E-state index contributed by atoms with van der Waals surface area (Å²) in [6.07, 6.45) is 2.03. The number of aromatic nitrogens is 2. The number of anilines is 1. The van der Waals surface area contributed by atoms with E-state index in [1.54, 1.807) is 4.90 Å². The van der Waals surface area contributed by atoms with E-state index in [9.17, 15) is 4.79 Å². The van der Waals surface area contributed by atoms with Crippen molar-refractivity contribution in [2.24, 2.45) is 0 Å². The van der Waals surface area contributed by atoms with Crippen LogP contribution in [0.4, 0.5) is 10.6 Å². The van der Waals surface area contributed by atoms with E-state index in [0.717, 1.165) is 37.4 Å². The van der Waals surface area contributed by atoms with Gasteiger partial charge in [-0.2, -0.15) is 5.10 Å². The van der Waals surface area contributed by atoms with Gasteiger partial charge in [-0.3, -0.25) is 0 Å². The number of amides is 2. The molecule has 0 bridgehead atoms. The summed E-state index contributed by atoms with van der Waals surface area (Å²) in [4.78, 5) is 18.2. The molecule has 0 aliphatic carbocycles. The zero-order valence-electron chi connectivity index (χ0n) is 12.3. The van der Waals surface area contributed by atoms with E-state index >= 15 is 0 Å². The van der Waals surface area contributed by atoms with Gasteiger partial charge in [0.05, 0.1) is 17.8 Å². The van der Waals surface area contributed by atoms with Crippen LogP contribution in [-0.2, 0) is 0 Å². The monoisotopic (exact) mass is 275 g/mol. The van der Waals surface area contributed by atoms with Crippen molar-refractivity contribution in [1.29, 1.82) is 0 Å². The maximum absolute atomic E-state index is 12.2. The number of likely N-dealkylation sites (tertiary alicyclic amines) is 1. The lowest BCUT2D eigenvalue weighted by Gasteiger charge is -2.27. The van der Waals surface area contributed by atoms with Gasteiger partial charge < -0.3 is 14.7 Å². The maximum Gasteiger partial charge on any atom is 0.319 e. The highest BCUT2D eigenvalue weighted by Gasteiger charge is 2.45. The topological polar surface area (TPSA) is 52.6 Å². The Kier molecular flexibility index (Phi) is 3.23. The maximum atomic E-state index is 12.2. The fraction of sp³-hybridized carbons (Fsp3) is 0.643. The first kappa shape index (κ1) is 13.1. The molecule has 108 valence electrons. The Hall–Kier alpha value is -1.85. The van der Waals surface area contributed by atoms with Gasteiger partial charge in [0.1, 0.15) is 0 Å².